The molecule has 2 aromatic carbocycles. The van der Waals surface area contributed by atoms with Crippen LogP contribution in [0.3, 0.4) is 0 Å². The van der Waals surface area contributed by atoms with E-state index in [0.717, 1.165) is 0 Å². The molecule has 0 unspecified atom stereocenters. The number of halogens is 1. The van der Waals surface area contributed by atoms with Crippen molar-refractivity contribution in [1.82, 2.24) is 20.3 Å². The highest BCUT2D eigenvalue weighted by Gasteiger charge is 2.06. The van der Waals surface area contributed by atoms with Gasteiger partial charge in [0.25, 0.3) is 0 Å². The Bertz CT molecular complexity index is 910. The normalized spacial score (nSPS) is 11.4. The van der Waals surface area contributed by atoms with Crippen LogP contribution in [0.2, 0.25) is 0 Å². The standard InChI is InChI=1S/C15H11FN6S/c1-23-15(18-9-17)19-11-4-7-13-14(8-11)21-22(20-13)12-5-2-10(16)3-6-12/h2-8H,1H3,(H,18,19). The average molecular weight is 326 g/mol. The smallest absolute Gasteiger partial charge is 0.183 e. The third kappa shape index (κ3) is 3.30. The fraction of sp³-hybridized carbons (Fsp3) is 0.0667. The number of nitriles is 1. The van der Waals surface area contributed by atoms with E-state index in [4.69, 9.17) is 5.26 Å². The van der Waals surface area contributed by atoms with Crippen LogP contribution in [0.5, 0.6) is 0 Å². The predicted molar refractivity (Wildman–Crippen MR) is 88.2 cm³/mol. The Hall–Kier alpha value is -2.92. The topological polar surface area (TPSA) is 78.9 Å². The minimum atomic E-state index is -0.309. The first kappa shape index (κ1) is 15.0. The molecule has 114 valence electrons. The second-order valence-corrected chi connectivity index (χ2v) is 5.29. The number of nitrogens with zero attached hydrogens (tertiary/aromatic N) is 5. The maximum absolute atomic E-state index is 13.0. The molecule has 0 bridgehead atoms. The number of aliphatic imine (C=N–C) groups is 1. The van der Waals surface area contributed by atoms with E-state index in [1.54, 1.807) is 30.3 Å². The number of hydrogen-bond donors (Lipinski definition) is 1. The third-order valence-electron chi connectivity index (χ3n) is 3.01. The summed E-state index contributed by atoms with van der Waals surface area (Å²) in [6.07, 6.45) is 3.67. The molecule has 0 fully saturated rings. The molecule has 0 spiro atoms. The summed E-state index contributed by atoms with van der Waals surface area (Å²) in [6.45, 7) is 0. The zero-order chi connectivity index (χ0) is 16.2. The lowest BCUT2D eigenvalue weighted by Gasteiger charge is -1.98. The van der Waals surface area contributed by atoms with Gasteiger partial charge in [-0.1, -0.05) is 11.8 Å². The molecular formula is C15H11FN6S. The van der Waals surface area contributed by atoms with E-state index in [0.29, 0.717) is 27.6 Å². The van der Waals surface area contributed by atoms with Crippen molar-refractivity contribution in [2.75, 3.05) is 6.26 Å². The van der Waals surface area contributed by atoms with Crippen LogP contribution >= 0.6 is 11.8 Å². The van der Waals surface area contributed by atoms with Crippen molar-refractivity contribution >= 4 is 33.7 Å². The molecule has 1 heterocycles. The number of hydrogen-bond acceptors (Lipinski definition) is 5. The first-order chi connectivity index (χ1) is 11.2. The summed E-state index contributed by atoms with van der Waals surface area (Å²) >= 11 is 1.34. The van der Waals surface area contributed by atoms with Gasteiger partial charge >= 0.3 is 0 Å². The van der Waals surface area contributed by atoms with Gasteiger partial charge in [-0.15, -0.1) is 10.2 Å². The molecule has 0 aliphatic heterocycles. The number of benzene rings is 2. The number of amidine groups is 1. The Labute approximate surface area is 135 Å². The van der Waals surface area contributed by atoms with Crippen LogP contribution in [-0.4, -0.2) is 26.4 Å². The van der Waals surface area contributed by atoms with Gasteiger partial charge in [0.1, 0.15) is 16.9 Å². The van der Waals surface area contributed by atoms with Gasteiger partial charge in [-0.3, -0.25) is 5.32 Å². The van der Waals surface area contributed by atoms with Gasteiger partial charge in [0.05, 0.1) is 11.4 Å². The number of thioether (sulfide) groups is 1. The Morgan fingerprint density at radius 1 is 1.22 bits per heavy atom. The minimum absolute atomic E-state index is 0.309. The van der Waals surface area contributed by atoms with Crippen molar-refractivity contribution < 1.29 is 4.39 Å². The van der Waals surface area contributed by atoms with Gasteiger partial charge < -0.3 is 0 Å². The molecule has 3 aromatic rings. The van der Waals surface area contributed by atoms with Gasteiger partial charge in [-0.2, -0.15) is 10.1 Å². The Kier molecular flexibility index (Phi) is 4.21. The highest BCUT2D eigenvalue weighted by Crippen LogP contribution is 2.20. The second kappa shape index (κ2) is 6.46. The zero-order valence-electron chi connectivity index (χ0n) is 12.1. The maximum Gasteiger partial charge on any atom is 0.183 e. The molecule has 8 heteroatoms. The van der Waals surface area contributed by atoms with E-state index in [2.05, 4.69) is 20.5 Å². The SMILES string of the molecule is CSC(=Nc1ccc2nn(-c3ccc(F)cc3)nc2c1)NC#N. The summed E-state index contributed by atoms with van der Waals surface area (Å²) in [5.41, 5.74) is 2.69. The van der Waals surface area contributed by atoms with Crippen molar-refractivity contribution in [3.63, 3.8) is 0 Å². The van der Waals surface area contributed by atoms with E-state index in [1.165, 1.54) is 28.7 Å². The quantitative estimate of drug-likeness (QED) is 0.339. The summed E-state index contributed by atoms with van der Waals surface area (Å²) in [6, 6.07) is 11.3. The van der Waals surface area contributed by atoms with Crippen LogP contribution in [0.4, 0.5) is 10.1 Å². The maximum atomic E-state index is 13.0. The van der Waals surface area contributed by atoms with Crippen LogP contribution in [0.1, 0.15) is 0 Å². The molecule has 23 heavy (non-hydrogen) atoms. The first-order valence-corrected chi connectivity index (χ1v) is 7.83. The zero-order valence-corrected chi connectivity index (χ0v) is 12.9. The van der Waals surface area contributed by atoms with E-state index < -0.39 is 0 Å². The minimum Gasteiger partial charge on any atom is -0.271 e. The Balaban J connectivity index is 1.98. The Morgan fingerprint density at radius 3 is 2.65 bits per heavy atom. The highest BCUT2D eigenvalue weighted by molar-refractivity contribution is 8.13. The fourth-order valence-electron chi connectivity index (χ4n) is 1.95. The van der Waals surface area contributed by atoms with E-state index in [9.17, 15) is 4.39 Å². The van der Waals surface area contributed by atoms with Gasteiger partial charge in [0.2, 0.25) is 0 Å². The molecule has 0 saturated carbocycles. The summed E-state index contributed by atoms with van der Waals surface area (Å²) in [5, 5.41) is 20.4. The molecule has 0 saturated heterocycles. The van der Waals surface area contributed by atoms with Crippen molar-refractivity contribution in [3.8, 4) is 11.9 Å². The molecule has 1 aromatic heterocycles. The molecule has 0 amide bonds. The van der Waals surface area contributed by atoms with Crippen LogP contribution in [0, 0.1) is 17.3 Å². The molecule has 6 nitrogen and oxygen atoms in total. The Morgan fingerprint density at radius 2 is 1.96 bits per heavy atom. The van der Waals surface area contributed by atoms with Crippen LogP contribution in [0.25, 0.3) is 16.7 Å². The van der Waals surface area contributed by atoms with Gasteiger partial charge in [-0.05, 0) is 48.7 Å². The van der Waals surface area contributed by atoms with Crippen LogP contribution in [0.15, 0.2) is 47.5 Å². The molecule has 1 N–H and O–H groups in total. The van der Waals surface area contributed by atoms with Gasteiger partial charge in [0.15, 0.2) is 11.4 Å². The number of aromatic nitrogens is 3. The number of nitrogens with one attached hydrogen (secondary N) is 1. The van der Waals surface area contributed by atoms with E-state index in [-0.39, 0.29) is 5.82 Å². The number of fused-ring (bicyclic) bond motifs is 1. The summed E-state index contributed by atoms with van der Waals surface area (Å²) in [4.78, 5) is 5.77. The van der Waals surface area contributed by atoms with Crippen molar-refractivity contribution in [1.29, 1.82) is 5.26 Å². The van der Waals surface area contributed by atoms with E-state index >= 15 is 0 Å². The molecule has 0 radical (unpaired) electrons. The summed E-state index contributed by atoms with van der Waals surface area (Å²) < 4.78 is 13.0. The molecular weight excluding hydrogens is 315 g/mol. The molecule has 0 atom stereocenters. The molecule has 3 rings (SSSR count). The lowest BCUT2D eigenvalue weighted by Crippen LogP contribution is -2.12. The second-order valence-electron chi connectivity index (χ2n) is 4.50. The van der Waals surface area contributed by atoms with Crippen molar-refractivity contribution in [2.45, 2.75) is 0 Å². The van der Waals surface area contributed by atoms with Crippen LogP contribution in [-0.2, 0) is 0 Å². The monoisotopic (exact) mass is 326 g/mol. The first-order valence-electron chi connectivity index (χ1n) is 6.60. The van der Waals surface area contributed by atoms with Crippen LogP contribution < -0.4 is 5.32 Å². The van der Waals surface area contributed by atoms with Gasteiger partial charge in [0, 0.05) is 0 Å². The predicted octanol–water partition coefficient (Wildman–Crippen LogP) is 2.98. The third-order valence-corrected chi connectivity index (χ3v) is 3.59. The van der Waals surface area contributed by atoms with Crippen molar-refractivity contribution in [3.05, 3.63) is 48.3 Å². The average Bonchev–Trinajstić information content (AvgIpc) is 2.98. The van der Waals surface area contributed by atoms with E-state index in [1.807, 2.05) is 12.4 Å². The number of rotatable bonds is 2. The van der Waals surface area contributed by atoms with Gasteiger partial charge in [-0.25, -0.2) is 9.38 Å². The van der Waals surface area contributed by atoms with Crippen molar-refractivity contribution in [2.24, 2.45) is 4.99 Å². The largest absolute Gasteiger partial charge is 0.271 e. The highest BCUT2D eigenvalue weighted by atomic mass is 32.2. The summed E-state index contributed by atoms with van der Waals surface area (Å²) in [5.74, 6) is -0.309. The molecule has 0 aliphatic carbocycles. The molecule has 0 aliphatic rings. The summed E-state index contributed by atoms with van der Waals surface area (Å²) in [7, 11) is 0. The lowest BCUT2D eigenvalue weighted by atomic mass is 10.3. The fourth-order valence-corrected chi connectivity index (χ4v) is 2.30. The lowest BCUT2D eigenvalue weighted by molar-refractivity contribution is 0.626.